The van der Waals surface area contributed by atoms with Crippen LogP contribution in [0, 0.1) is 11.8 Å². The smallest absolute Gasteiger partial charge is 0.357 e. The number of nitrogens with zero attached hydrogens (tertiary/aromatic N) is 4. The number of alkyl halides is 3. The van der Waals surface area contributed by atoms with Crippen molar-refractivity contribution in [3.05, 3.63) is 0 Å². The Morgan fingerprint density at radius 3 is 2.17 bits per heavy atom. The number of nitrogens with one attached hydrogen (secondary N) is 1. The molecule has 0 saturated carbocycles. The molecule has 2 aliphatic heterocycles. The Labute approximate surface area is 189 Å². The first kappa shape index (κ1) is 26.3. The maximum Gasteiger partial charge on any atom is 0.390 e. The fourth-order valence-electron chi connectivity index (χ4n) is 3.99. The quantitative estimate of drug-likeness (QED) is 0.336. The number of carbonyl (C=O) groups excluding carboxylic acids is 1. The van der Waals surface area contributed by atoms with E-state index < -0.39 is 12.6 Å². The van der Waals surface area contributed by atoms with Gasteiger partial charge in [0.2, 0.25) is 5.91 Å². The third-order valence-corrected chi connectivity index (χ3v) is 5.24. The first-order valence-corrected chi connectivity index (χ1v) is 10.3. The lowest BCUT2D eigenvalue weighted by Crippen LogP contribution is -2.55. The fourth-order valence-corrected chi connectivity index (χ4v) is 3.99. The van der Waals surface area contributed by atoms with Gasteiger partial charge in [-0.15, -0.1) is 24.0 Å². The van der Waals surface area contributed by atoms with Crippen LogP contribution in [0.25, 0.3) is 0 Å². The molecule has 2 saturated heterocycles. The van der Waals surface area contributed by atoms with Gasteiger partial charge in [0, 0.05) is 45.8 Å². The molecule has 0 spiro atoms. The minimum absolute atomic E-state index is 0. The van der Waals surface area contributed by atoms with Crippen LogP contribution in [0.4, 0.5) is 13.2 Å². The Hall–Kier alpha value is -0.780. The third kappa shape index (κ3) is 9.27. The molecule has 2 aliphatic rings. The van der Waals surface area contributed by atoms with Gasteiger partial charge >= 0.3 is 6.18 Å². The van der Waals surface area contributed by atoms with E-state index in [0.29, 0.717) is 57.1 Å². The Kier molecular flexibility index (Phi) is 11.0. The van der Waals surface area contributed by atoms with Crippen molar-refractivity contribution in [1.82, 2.24) is 20.0 Å². The van der Waals surface area contributed by atoms with E-state index in [1.165, 1.54) is 6.42 Å². The van der Waals surface area contributed by atoms with Gasteiger partial charge in [0.05, 0.1) is 19.5 Å². The third-order valence-electron chi connectivity index (χ3n) is 5.24. The highest BCUT2D eigenvalue weighted by Crippen LogP contribution is 2.21. The lowest BCUT2D eigenvalue weighted by molar-refractivity contribution is -0.135. The van der Waals surface area contributed by atoms with Gasteiger partial charge in [-0.25, -0.2) is 0 Å². The van der Waals surface area contributed by atoms with Gasteiger partial charge in [-0.05, 0) is 25.2 Å². The lowest BCUT2D eigenvalue weighted by Gasteiger charge is -2.39. The van der Waals surface area contributed by atoms with Gasteiger partial charge in [0.25, 0.3) is 0 Å². The van der Waals surface area contributed by atoms with E-state index in [0.717, 1.165) is 13.1 Å². The molecule has 2 unspecified atom stereocenters. The molecule has 0 aliphatic carbocycles. The van der Waals surface area contributed by atoms with Crippen molar-refractivity contribution in [3.63, 3.8) is 0 Å². The van der Waals surface area contributed by atoms with Gasteiger partial charge in [-0.1, -0.05) is 13.8 Å². The average molecular weight is 533 g/mol. The van der Waals surface area contributed by atoms with Crippen LogP contribution >= 0.6 is 24.0 Å². The highest BCUT2D eigenvalue weighted by molar-refractivity contribution is 14.0. The molecule has 2 rings (SSSR count). The molecule has 2 fully saturated rings. The number of hydrogen-bond donors (Lipinski definition) is 1. The molecule has 1 N–H and O–H groups in total. The molecular formula is C19H35F3IN5O. The Balaban J connectivity index is 0.00000420. The standard InChI is InChI=1S/C19H34F3N5O.HI/c1-4-23-18(24-6-5-19(20,21)22)26-9-7-25(8-10-26)14-17(28)27-12-15(2)11-16(3)13-27;/h15-16H,4-14H2,1-3H3,(H,23,24);1H. The number of piperidine rings is 1. The number of halogens is 4. The number of piperazine rings is 1. The van der Waals surface area contributed by atoms with E-state index in [9.17, 15) is 18.0 Å². The molecule has 1 amide bonds. The molecule has 0 aromatic heterocycles. The number of hydrogen-bond acceptors (Lipinski definition) is 3. The van der Waals surface area contributed by atoms with Crippen molar-refractivity contribution in [2.24, 2.45) is 16.8 Å². The van der Waals surface area contributed by atoms with E-state index >= 15 is 0 Å². The van der Waals surface area contributed by atoms with Gasteiger partial charge < -0.3 is 15.1 Å². The summed E-state index contributed by atoms with van der Waals surface area (Å²) in [7, 11) is 0. The van der Waals surface area contributed by atoms with Crippen molar-refractivity contribution < 1.29 is 18.0 Å². The molecule has 10 heteroatoms. The number of amides is 1. The summed E-state index contributed by atoms with van der Waals surface area (Å²) < 4.78 is 37.1. The summed E-state index contributed by atoms with van der Waals surface area (Å²) in [6.07, 6.45) is -3.93. The second-order valence-electron chi connectivity index (χ2n) is 8.11. The van der Waals surface area contributed by atoms with E-state index in [1.807, 2.05) is 16.7 Å². The van der Waals surface area contributed by atoms with Crippen LogP contribution in [0.3, 0.4) is 0 Å². The fraction of sp³-hybridized carbons (Fsp3) is 0.895. The van der Waals surface area contributed by atoms with Gasteiger partial charge in [0.1, 0.15) is 0 Å². The number of carbonyl (C=O) groups is 1. The summed E-state index contributed by atoms with van der Waals surface area (Å²) in [6, 6.07) is 0. The summed E-state index contributed by atoms with van der Waals surface area (Å²) >= 11 is 0. The molecule has 6 nitrogen and oxygen atoms in total. The average Bonchev–Trinajstić information content (AvgIpc) is 2.60. The van der Waals surface area contributed by atoms with Crippen molar-refractivity contribution in [2.45, 2.75) is 39.8 Å². The van der Waals surface area contributed by atoms with Crippen LogP contribution in [0.2, 0.25) is 0 Å². The summed E-state index contributed by atoms with van der Waals surface area (Å²) in [5, 5.41) is 3.07. The molecule has 170 valence electrons. The Morgan fingerprint density at radius 2 is 1.66 bits per heavy atom. The first-order valence-electron chi connectivity index (χ1n) is 10.3. The molecule has 2 atom stereocenters. The number of rotatable bonds is 5. The lowest BCUT2D eigenvalue weighted by atomic mass is 9.92. The van der Waals surface area contributed by atoms with Crippen LogP contribution < -0.4 is 5.32 Å². The molecule has 0 aromatic carbocycles. The van der Waals surface area contributed by atoms with Crippen molar-refractivity contribution in [1.29, 1.82) is 0 Å². The maximum absolute atomic E-state index is 12.6. The highest BCUT2D eigenvalue weighted by Gasteiger charge is 2.29. The summed E-state index contributed by atoms with van der Waals surface area (Å²) in [4.78, 5) is 22.8. The predicted octanol–water partition coefficient (Wildman–Crippen LogP) is 2.64. The summed E-state index contributed by atoms with van der Waals surface area (Å²) in [5.74, 6) is 1.79. The van der Waals surface area contributed by atoms with Crippen molar-refractivity contribution in [2.75, 3.05) is 58.9 Å². The van der Waals surface area contributed by atoms with E-state index in [-0.39, 0.29) is 36.4 Å². The zero-order valence-electron chi connectivity index (χ0n) is 17.7. The second-order valence-corrected chi connectivity index (χ2v) is 8.11. The van der Waals surface area contributed by atoms with E-state index in [4.69, 9.17) is 0 Å². The minimum Gasteiger partial charge on any atom is -0.357 e. The van der Waals surface area contributed by atoms with E-state index in [1.54, 1.807) is 0 Å². The minimum atomic E-state index is -4.19. The largest absolute Gasteiger partial charge is 0.390 e. The topological polar surface area (TPSA) is 51.2 Å². The predicted molar refractivity (Wildman–Crippen MR) is 120 cm³/mol. The van der Waals surface area contributed by atoms with Gasteiger partial charge in [0.15, 0.2) is 5.96 Å². The van der Waals surface area contributed by atoms with Crippen LogP contribution in [0.15, 0.2) is 4.99 Å². The van der Waals surface area contributed by atoms with Crippen molar-refractivity contribution in [3.8, 4) is 0 Å². The van der Waals surface area contributed by atoms with Crippen LogP contribution in [-0.2, 0) is 4.79 Å². The van der Waals surface area contributed by atoms with E-state index in [2.05, 4.69) is 29.1 Å². The highest BCUT2D eigenvalue weighted by atomic mass is 127. The summed E-state index contributed by atoms with van der Waals surface area (Å²) in [5.41, 5.74) is 0. The molecule has 29 heavy (non-hydrogen) atoms. The zero-order valence-corrected chi connectivity index (χ0v) is 20.0. The Morgan fingerprint density at radius 1 is 1.07 bits per heavy atom. The molecule has 0 aromatic rings. The molecule has 2 heterocycles. The number of likely N-dealkylation sites (tertiary alicyclic amines) is 1. The Bertz CT molecular complexity index is 528. The molecular weight excluding hydrogens is 498 g/mol. The molecule has 0 bridgehead atoms. The van der Waals surface area contributed by atoms with Crippen LogP contribution in [0.5, 0.6) is 0 Å². The van der Waals surface area contributed by atoms with Gasteiger partial charge in [-0.3, -0.25) is 14.7 Å². The normalized spacial score (nSPS) is 24.3. The molecule has 0 radical (unpaired) electrons. The van der Waals surface area contributed by atoms with Crippen molar-refractivity contribution >= 4 is 35.8 Å². The number of aliphatic imine (C=N–C) groups is 1. The monoisotopic (exact) mass is 533 g/mol. The maximum atomic E-state index is 12.6. The second kappa shape index (κ2) is 12.2. The number of guanidine groups is 1. The summed E-state index contributed by atoms with van der Waals surface area (Å²) in [6.45, 7) is 11.4. The van der Waals surface area contributed by atoms with Crippen LogP contribution in [0.1, 0.15) is 33.6 Å². The SMILES string of the molecule is CCNC(=NCCC(F)(F)F)N1CCN(CC(=O)N2CC(C)CC(C)C2)CC1.I. The zero-order chi connectivity index (χ0) is 20.7. The first-order chi connectivity index (χ1) is 13.2. The van der Waals surface area contributed by atoms with Crippen LogP contribution in [-0.4, -0.2) is 91.6 Å². The van der Waals surface area contributed by atoms with Gasteiger partial charge in [-0.2, -0.15) is 13.2 Å².